The highest BCUT2D eigenvalue weighted by molar-refractivity contribution is 7.98. The third-order valence-corrected chi connectivity index (χ3v) is 3.97. The van der Waals surface area contributed by atoms with Crippen LogP contribution >= 0.6 is 11.8 Å². The largest absolute Gasteiger partial charge is 0.326 e. The van der Waals surface area contributed by atoms with Crippen LogP contribution in [-0.4, -0.2) is 29.1 Å². The zero-order valence-electron chi connectivity index (χ0n) is 11.3. The Hall–Kier alpha value is -1.49. The Morgan fingerprint density at radius 3 is 2.37 bits per heavy atom. The molecule has 1 N–H and O–H groups in total. The van der Waals surface area contributed by atoms with Crippen LogP contribution in [0.3, 0.4) is 0 Å². The second-order valence-electron chi connectivity index (χ2n) is 4.94. The maximum absolute atomic E-state index is 12.1. The summed E-state index contributed by atoms with van der Waals surface area (Å²) in [5.41, 5.74) is 0.964. The van der Waals surface area contributed by atoms with Gasteiger partial charge in [-0.25, -0.2) is 4.79 Å². The van der Waals surface area contributed by atoms with Gasteiger partial charge in [-0.3, -0.25) is 9.69 Å². The van der Waals surface area contributed by atoms with Crippen LogP contribution in [0.25, 0.3) is 0 Å². The van der Waals surface area contributed by atoms with E-state index in [1.807, 2.05) is 44.4 Å². The molecule has 3 amide bonds. The number of hydrogen-bond acceptors (Lipinski definition) is 3. The highest BCUT2D eigenvalue weighted by atomic mass is 32.2. The molecule has 5 heteroatoms. The first-order valence-electron chi connectivity index (χ1n) is 6.27. The summed E-state index contributed by atoms with van der Waals surface area (Å²) >= 11 is 1.67. The molecule has 1 fully saturated rings. The van der Waals surface area contributed by atoms with Gasteiger partial charge in [0.25, 0.3) is 5.91 Å². The van der Waals surface area contributed by atoms with Crippen molar-refractivity contribution in [2.45, 2.75) is 31.3 Å². The molecule has 1 aliphatic heterocycles. The third kappa shape index (κ3) is 2.92. The SMILES string of the molecule is CSc1ccc(CN2C(=O)N[C@@H](C(C)C)C2=O)cc1. The third-order valence-electron chi connectivity index (χ3n) is 3.22. The summed E-state index contributed by atoms with van der Waals surface area (Å²) in [6.07, 6.45) is 2.01. The van der Waals surface area contributed by atoms with Gasteiger partial charge in [0.2, 0.25) is 0 Å². The average molecular weight is 278 g/mol. The van der Waals surface area contributed by atoms with E-state index in [1.165, 1.54) is 9.80 Å². The molecule has 1 aromatic rings. The summed E-state index contributed by atoms with van der Waals surface area (Å²) < 4.78 is 0. The molecule has 1 atom stereocenters. The van der Waals surface area contributed by atoms with Gasteiger partial charge in [0.15, 0.2) is 0 Å². The number of hydrogen-bond donors (Lipinski definition) is 1. The van der Waals surface area contributed by atoms with E-state index in [4.69, 9.17) is 0 Å². The van der Waals surface area contributed by atoms with Crippen LogP contribution in [0.1, 0.15) is 19.4 Å². The van der Waals surface area contributed by atoms with E-state index in [-0.39, 0.29) is 17.9 Å². The zero-order valence-corrected chi connectivity index (χ0v) is 12.2. The molecular formula is C14H18N2O2S. The van der Waals surface area contributed by atoms with Crippen molar-refractivity contribution in [2.75, 3.05) is 6.26 Å². The number of carbonyl (C=O) groups is 2. The van der Waals surface area contributed by atoms with Crippen LogP contribution in [0.2, 0.25) is 0 Å². The first kappa shape index (κ1) is 13.9. The van der Waals surface area contributed by atoms with Crippen molar-refractivity contribution in [3.05, 3.63) is 29.8 Å². The number of amides is 3. The van der Waals surface area contributed by atoms with Crippen molar-refractivity contribution in [3.63, 3.8) is 0 Å². The Bertz CT molecular complexity index is 485. The minimum atomic E-state index is -0.391. The molecule has 0 radical (unpaired) electrons. The summed E-state index contributed by atoms with van der Waals surface area (Å²) in [7, 11) is 0. The molecule has 0 saturated carbocycles. The van der Waals surface area contributed by atoms with Crippen molar-refractivity contribution < 1.29 is 9.59 Å². The Morgan fingerprint density at radius 2 is 1.89 bits per heavy atom. The van der Waals surface area contributed by atoms with Crippen LogP contribution in [0.4, 0.5) is 4.79 Å². The van der Waals surface area contributed by atoms with Crippen LogP contribution in [0, 0.1) is 5.92 Å². The standard InChI is InChI=1S/C14H18N2O2S/c1-9(2)12-13(17)16(14(18)15-12)8-10-4-6-11(19-3)7-5-10/h4-7,9,12H,8H2,1-3H3,(H,15,18)/t12-/m0/s1. The van der Waals surface area contributed by atoms with Gasteiger partial charge in [0.1, 0.15) is 6.04 Å². The highest BCUT2D eigenvalue weighted by Gasteiger charge is 2.39. The molecule has 102 valence electrons. The minimum Gasteiger partial charge on any atom is -0.326 e. The van der Waals surface area contributed by atoms with Crippen LogP contribution in [-0.2, 0) is 11.3 Å². The number of benzene rings is 1. The van der Waals surface area contributed by atoms with Gasteiger partial charge >= 0.3 is 6.03 Å². The second-order valence-corrected chi connectivity index (χ2v) is 5.82. The molecule has 1 aromatic carbocycles. The van der Waals surface area contributed by atoms with Crippen molar-refractivity contribution in [3.8, 4) is 0 Å². The number of thioether (sulfide) groups is 1. The van der Waals surface area contributed by atoms with Crippen molar-refractivity contribution in [1.82, 2.24) is 10.2 Å². The van der Waals surface area contributed by atoms with E-state index in [9.17, 15) is 9.59 Å². The molecule has 1 heterocycles. The summed E-state index contributed by atoms with van der Waals surface area (Å²) in [5, 5.41) is 2.73. The lowest BCUT2D eigenvalue weighted by molar-refractivity contribution is -0.128. The predicted octanol–water partition coefficient (Wildman–Crippen LogP) is 2.48. The fraction of sp³-hybridized carbons (Fsp3) is 0.429. The minimum absolute atomic E-state index is 0.111. The summed E-state index contributed by atoms with van der Waals surface area (Å²) in [6, 6.07) is 7.22. The quantitative estimate of drug-likeness (QED) is 0.680. The van der Waals surface area contributed by atoms with Gasteiger partial charge < -0.3 is 5.32 Å². The molecule has 0 spiro atoms. The Labute approximate surface area is 117 Å². The molecule has 1 saturated heterocycles. The molecule has 4 nitrogen and oxygen atoms in total. The van der Waals surface area contributed by atoms with Crippen LogP contribution in [0.15, 0.2) is 29.2 Å². The average Bonchev–Trinajstić information content (AvgIpc) is 2.68. The zero-order chi connectivity index (χ0) is 14.0. The summed E-state index contributed by atoms with van der Waals surface area (Å²) in [6.45, 7) is 4.20. The fourth-order valence-corrected chi connectivity index (χ4v) is 2.46. The normalized spacial score (nSPS) is 19.2. The molecule has 0 aliphatic carbocycles. The van der Waals surface area contributed by atoms with Crippen LogP contribution < -0.4 is 5.32 Å². The number of imide groups is 1. The topological polar surface area (TPSA) is 49.4 Å². The number of nitrogens with one attached hydrogen (secondary N) is 1. The van der Waals surface area contributed by atoms with Gasteiger partial charge in [-0.05, 0) is 29.9 Å². The number of carbonyl (C=O) groups excluding carboxylic acids is 2. The van der Waals surface area contributed by atoms with Crippen molar-refractivity contribution >= 4 is 23.7 Å². The lowest BCUT2D eigenvalue weighted by atomic mass is 10.0. The number of nitrogens with zero attached hydrogens (tertiary/aromatic N) is 1. The Morgan fingerprint density at radius 1 is 1.26 bits per heavy atom. The smallest absolute Gasteiger partial charge is 0.325 e. The van der Waals surface area contributed by atoms with Crippen LogP contribution in [0.5, 0.6) is 0 Å². The lowest BCUT2D eigenvalue weighted by Gasteiger charge is -2.14. The number of urea groups is 1. The maximum Gasteiger partial charge on any atom is 0.325 e. The lowest BCUT2D eigenvalue weighted by Crippen LogP contribution is -2.34. The van der Waals surface area contributed by atoms with E-state index in [1.54, 1.807) is 11.8 Å². The van der Waals surface area contributed by atoms with Crippen molar-refractivity contribution in [2.24, 2.45) is 5.92 Å². The Balaban J connectivity index is 2.10. The van der Waals surface area contributed by atoms with E-state index in [2.05, 4.69) is 5.32 Å². The van der Waals surface area contributed by atoms with E-state index < -0.39 is 6.04 Å². The number of rotatable bonds is 4. The van der Waals surface area contributed by atoms with Gasteiger partial charge in [0, 0.05) is 4.90 Å². The van der Waals surface area contributed by atoms with E-state index >= 15 is 0 Å². The molecule has 1 aliphatic rings. The second kappa shape index (κ2) is 5.65. The molecule has 0 unspecified atom stereocenters. The summed E-state index contributed by atoms with van der Waals surface area (Å²) in [5.74, 6) is -0.0192. The molecular weight excluding hydrogens is 260 g/mol. The predicted molar refractivity (Wildman–Crippen MR) is 75.9 cm³/mol. The van der Waals surface area contributed by atoms with Gasteiger partial charge in [0.05, 0.1) is 6.54 Å². The van der Waals surface area contributed by atoms with Crippen molar-refractivity contribution in [1.29, 1.82) is 0 Å². The first-order valence-corrected chi connectivity index (χ1v) is 7.50. The van der Waals surface area contributed by atoms with E-state index in [0.717, 1.165) is 5.56 Å². The highest BCUT2D eigenvalue weighted by Crippen LogP contribution is 2.19. The summed E-state index contributed by atoms with van der Waals surface area (Å²) in [4.78, 5) is 26.4. The molecule has 19 heavy (non-hydrogen) atoms. The maximum atomic E-state index is 12.1. The van der Waals surface area contributed by atoms with Gasteiger partial charge in [-0.2, -0.15) is 0 Å². The first-order chi connectivity index (χ1) is 9.02. The molecule has 0 aromatic heterocycles. The molecule has 0 bridgehead atoms. The fourth-order valence-electron chi connectivity index (χ4n) is 2.06. The monoisotopic (exact) mass is 278 g/mol. The van der Waals surface area contributed by atoms with Gasteiger partial charge in [-0.1, -0.05) is 26.0 Å². The molecule has 2 rings (SSSR count). The van der Waals surface area contributed by atoms with E-state index in [0.29, 0.717) is 6.54 Å². The Kier molecular flexibility index (Phi) is 4.14. The van der Waals surface area contributed by atoms with Gasteiger partial charge in [-0.15, -0.1) is 11.8 Å².